The number of amides is 3. The lowest BCUT2D eigenvalue weighted by atomic mass is 9.90. The predicted molar refractivity (Wildman–Crippen MR) is 135 cm³/mol. The summed E-state index contributed by atoms with van der Waals surface area (Å²) in [6.45, 7) is 4.23. The summed E-state index contributed by atoms with van der Waals surface area (Å²) in [5.41, 5.74) is 5.75. The second kappa shape index (κ2) is 9.28. The summed E-state index contributed by atoms with van der Waals surface area (Å²) in [6, 6.07) is 20.0. The third kappa shape index (κ3) is 4.02. The standard InChI is InChI=1S/C27H24BrN3O4/c1-3-35-21-13-5-4-12-20(21)23-22-24(31(29-23)25(32)17-9-7-10-18(28)15-17)27(34)30(26(22)33)19-11-6-8-16(2)14-19/h4-15,22-24,29H,3H2,1-2H3/t22-,23-,24+/m0/s1. The van der Waals surface area contributed by atoms with Crippen LogP contribution in [0.3, 0.4) is 0 Å². The van der Waals surface area contributed by atoms with Crippen molar-refractivity contribution in [3.8, 4) is 5.75 Å². The molecule has 1 N–H and O–H groups in total. The summed E-state index contributed by atoms with van der Waals surface area (Å²) in [4.78, 5) is 42.4. The molecule has 3 amide bonds. The van der Waals surface area contributed by atoms with Crippen LogP contribution in [0.1, 0.15) is 34.5 Å². The molecule has 0 aromatic heterocycles. The first-order chi connectivity index (χ1) is 16.9. The zero-order valence-electron chi connectivity index (χ0n) is 19.3. The fraction of sp³-hybridized carbons (Fsp3) is 0.222. The topological polar surface area (TPSA) is 79.0 Å². The van der Waals surface area contributed by atoms with E-state index in [1.165, 1.54) is 9.91 Å². The van der Waals surface area contributed by atoms with Gasteiger partial charge in [0.05, 0.1) is 24.3 Å². The van der Waals surface area contributed by atoms with Crippen molar-refractivity contribution in [2.45, 2.75) is 25.9 Å². The predicted octanol–water partition coefficient (Wildman–Crippen LogP) is 4.42. The van der Waals surface area contributed by atoms with Crippen molar-refractivity contribution in [3.05, 3.63) is 94.0 Å². The molecule has 2 fully saturated rings. The molecule has 7 nitrogen and oxygen atoms in total. The second-order valence-corrected chi connectivity index (χ2v) is 9.50. The Morgan fingerprint density at radius 3 is 2.51 bits per heavy atom. The number of nitrogens with zero attached hydrogens (tertiary/aromatic N) is 2. The highest BCUT2D eigenvalue weighted by molar-refractivity contribution is 9.10. The monoisotopic (exact) mass is 533 g/mol. The van der Waals surface area contributed by atoms with Crippen LogP contribution in [-0.4, -0.2) is 35.4 Å². The lowest BCUT2D eigenvalue weighted by molar-refractivity contribution is -0.123. The van der Waals surface area contributed by atoms with Gasteiger partial charge in [0.2, 0.25) is 5.91 Å². The fourth-order valence-electron chi connectivity index (χ4n) is 4.84. The van der Waals surface area contributed by atoms with Gasteiger partial charge in [0.1, 0.15) is 11.8 Å². The number of rotatable bonds is 5. The van der Waals surface area contributed by atoms with Crippen molar-refractivity contribution < 1.29 is 19.1 Å². The molecule has 0 saturated carbocycles. The molecule has 3 atom stereocenters. The number of anilines is 1. The number of hydrazine groups is 1. The Hall–Kier alpha value is -3.49. The van der Waals surface area contributed by atoms with Crippen LogP contribution in [0.2, 0.25) is 0 Å². The molecular formula is C27H24BrN3O4. The van der Waals surface area contributed by atoms with Crippen molar-refractivity contribution in [2.75, 3.05) is 11.5 Å². The molecule has 178 valence electrons. The number of hydrogen-bond donors (Lipinski definition) is 1. The van der Waals surface area contributed by atoms with Crippen LogP contribution in [0.4, 0.5) is 5.69 Å². The molecule has 0 aliphatic carbocycles. The molecule has 2 aliphatic heterocycles. The molecule has 8 heteroatoms. The zero-order valence-corrected chi connectivity index (χ0v) is 20.9. The molecule has 2 heterocycles. The van der Waals surface area contributed by atoms with Gasteiger partial charge in [-0.05, 0) is 55.8 Å². The molecule has 2 aliphatic rings. The van der Waals surface area contributed by atoms with E-state index in [1.54, 1.807) is 30.3 Å². The Balaban J connectivity index is 1.61. The smallest absolute Gasteiger partial charge is 0.268 e. The highest BCUT2D eigenvalue weighted by Gasteiger charge is 2.60. The summed E-state index contributed by atoms with van der Waals surface area (Å²) in [7, 11) is 0. The van der Waals surface area contributed by atoms with Crippen LogP contribution in [0, 0.1) is 12.8 Å². The van der Waals surface area contributed by atoms with Gasteiger partial charge in [0.15, 0.2) is 0 Å². The van der Waals surface area contributed by atoms with Gasteiger partial charge in [-0.15, -0.1) is 0 Å². The van der Waals surface area contributed by atoms with E-state index in [4.69, 9.17) is 4.74 Å². The number of aryl methyl sites for hydroxylation is 1. The molecular weight excluding hydrogens is 510 g/mol. The third-order valence-corrected chi connectivity index (χ3v) is 6.83. The quantitative estimate of drug-likeness (QED) is 0.491. The first-order valence-corrected chi connectivity index (χ1v) is 12.2. The Morgan fingerprint density at radius 1 is 1.00 bits per heavy atom. The van der Waals surface area contributed by atoms with E-state index in [2.05, 4.69) is 21.4 Å². The molecule has 3 aromatic carbocycles. The lowest BCUT2D eigenvalue weighted by Crippen LogP contribution is -2.48. The number of fused-ring (bicyclic) bond motifs is 1. The molecule has 0 unspecified atom stereocenters. The fourth-order valence-corrected chi connectivity index (χ4v) is 5.24. The number of halogens is 1. The maximum Gasteiger partial charge on any atom is 0.268 e. The normalized spacial score (nSPS) is 21.4. The largest absolute Gasteiger partial charge is 0.494 e. The van der Waals surface area contributed by atoms with Gasteiger partial charge >= 0.3 is 0 Å². The molecule has 5 rings (SSSR count). The average Bonchev–Trinajstić information content (AvgIpc) is 3.36. The van der Waals surface area contributed by atoms with Crippen LogP contribution < -0.4 is 15.1 Å². The van der Waals surface area contributed by atoms with Crippen LogP contribution in [-0.2, 0) is 9.59 Å². The minimum Gasteiger partial charge on any atom is -0.494 e. The molecule has 0 radical (unpaired) electrons. The summed E-state index contributed by atoms with van der Waals surface area (Å²) >= 11 is 3.40. The van der Waals surface area contributed by atoms with Crippen LogP contribution in [0.15, 0.2) is 77.3 Å². The minimum atomic E-state index is -0.992. The first kappa shape index (κ1) is 23.3. The van der Waals surface area contributed by atoms with E-state index in [0.29, 0.717) is 23.6 Å². The maximum absolute atomic E-state index is 13.8. The van der Waals surface area contributed by atoms with Gasteiger partial charge in [-0.1, -0.05) is 52.3 Å². The zero-order chi connectivity index (χ0) is 24.7. The van der Waals surface area contributed by atoms with E-state index in [9.17, 15) is 14.4 Å². The Morgan fingerprint density at radius 2 is 1.77 bits per heavy atom. The van der Waals surface area contributed by atoms with Crippen LogP contribution in [0.5, 0.6) is 5.75 Å². The summed E-state index contributed by atoms with van der Waals surface area (Å²) in [5, 5.41) is 1.32. The van der Waals surface area contributed by atoms with E-state index in [-0.39, 0.29) is 11.8 Å². The number of hydrogen-bond acceptors (Lipinski definition) is 5. The number of benzene rings is 3. The van der Waals surface area contributed by atoms with Gasteiger partial charge in [-0.2, -0.15) is 0 Å². The van der Waals surface area contributed by atoms with Crippen molar-refractivity contribution in [2.24, 2.45) is 5.92 Å². The van der Waals surface area contributed by atoms with Crippen LogP contribution in [0.25, 0.3) is 0 Å². The Bertz CT molecular complexity index is 1330. The third-order valence-electron chi connectivity index (χ3n) is 6.34. The number of imide groups is 1. The first-order valence-electron chi connectivity index (χ1n) is 11.4. The SMILES string of the molecule is CCOc1ccccc1[C@@H]1NN(C(=O)c2cccc(Br)c2)[C@H]2C(=O)N(c3cccc(C)c3)C(=O)[C@@H]12. The number of carbonyl (C=O) groups excluding carboxylic acids is 3. The molecule has 2 saturated heterocycles. The van der Waals surface area contributed by atoms with Gasteiger partial charge in [-0.3, -0.25) is 19.4 Å². The second-order valence-electron chi connectivity index (χ2n) is 8.58. The van der Waals surface area contributed by atoms with Gasteiger partial charge < -0.3 is 4.74 Å². The van der Waals surface area contributed by atoms with Crippen LogP contribution >= 0.6 is 15.9 Å². The number of carbonyl (C=O) groups is 3. The lowest BCUT2D eigenvalue weighted by Gasteiger charge is -2.26. The minimum absolute atomic E-state index is 0.348. The van der Waals surface area contributed by atoms with E-state index >= 15 is 0 Å². The highest BCUT2D eigenvalue weighted by Crippen LogP contribution is 2.44. The van der Waals surface area contributed by atoms with Crippen molar-refractivity contribution in [1.29, 1.82) is 0 Å². The van der Waals surface area contributed by atoms with Gasteiger partial charge in [0, 0.05) is 15.6 Å². The molecule has 0 bridgehead atoms. The van der Waals surface area contributed by atoms with E-state index < -0.39 is 23.9 Å². The van der Waals surface area contributed by atoms with E-state index in [0.717, 1.165) is 15.6 Å². The summed E-state index contributed by atoms with van der Waals surface area (Å²) < 4.78 is 6.57. The van der Waals surface area contributed by atoms with Gasteiger partial charge in [-0.25, -0.2) is 10.3 Å². The van der Waals surface area contributed by atoms with E-state index in [1.807, 2.05) is 56.3 Å². The highest BCUT2D eigenvalue weighted by atomic mass is 79.9. The Kier molecular flexibility index (Phi) is 6.17. The number of nitrogens with one attached hydrogen (secondary N) is 1. The Labute approximate surface area is 211 Å². The number of ether oxygens (including phenoxy) is 1. The molecule has 0 spiro atoms. The summed E-state index contributed by atoms with van der Waals surface area (Å²) in [5.74, 6) is -1.36. The average molecular weight is 534 g/mol. The van der Waals surface area contributed by atoms with Gasteiger partial charge in [0.25, 0.3) is 11.8 Å². The molecule has 35 heavy (non-hydrogen) atoms. The van der Waals surface area contributed by atoms with Crippen molar-refractivity contribution in [3.63, 3.8) is 0 Å². The van der Waals surface area contributed by atoms with Crippen molar-refractivity contribution >= 4 is 39.3 Å². The maximum atomic E-state index is 13.8. The summed E-state index contributed by atoms with van der Waals surface area (Å²) in [6.07, 6.45) is 0. The molecule has 3 aromatic rings. The van der Waals surface area contributed by atoms with Crippen molar-refractivity contribution in [1.82, 2.24) is 10.4 Å². The number of para-hydroxylation sites is 1.